The highest BCUT2D eigenvalue weighted by atomic mass is 32.2. The van der Waals surface area contributed by atoms with Crippen molar-refractivity contribution in [2.45, 2.75) is 12.7 Å². The molecule has 0 aliphatic carbocycles. The third-order valence-corrected chi connectivity index (χ3v) is 4.97. The molecule has 0 radical (unpaired) electrons. The minimum absolute atomic E-state index is 0.0778. The second kappa shape index (κ2) is 8.28. The molecule has 31 heavy (non-hydrogen) atoms. The minimum atomic E-state index is -4.92. The monoisotopic (exact) mass is 447 g/mol. The van der Waals surface area contributed by atoms with Crippen molar-refractivity contribution in [1.29, 1.82) is 5.26 Å². The van der Waals surface area contributed by atoms with Crippen molar-refractivity contribution < 1.29 is 21.6 Å². The molecule has 0 atom stereocenters. The normalized spacial score (nSPS) is 11.7. The summed E-state index contributed by atoms with van der Waals surface area (Å²) in [6.45, 7) is -0.0778. The Morgan fingerprint density at radius 3 is 2.32 bits per heavy atom. The molecule has 0 unspecified atom stereocenters. The standard InChI is InChI=1S/C21H16F3N3O3S/c1-31(29,30)26-16-9-5-8-15(10-16)19-11-18(21(22,23)24)17(12-25)20(28)27(19)13-14-6-3-2-4-7-14/h2-11,26H,13H2,1H3. The number of sulfonamides is 1. The van der Waals surface area contributed by atoms with Gasteiger partial charge in [-0.05, 0) is 23.8 Å². The molecule has 0 aliphatic rings. The van der Waals surface area contributed by atoms with E-state index in [4.69, 9.17) is 0 Å². The quantitative estimate of drug-likeness (QED) is 0.644. The van der Waals surface area contributed by atoms with Crippen molar-refractivity contribution in [1.82, 2.24) is 4.57 Å². The van der Waals surface area contributed by atoms with Gasteiger partial charge in [0, 0.05) is 11.3 Å². The zero-order chi connectivity index (χ0) is 22.8. The predicted octanol–water partition coefficient (Wildman–Crippen LogP) is 3.83. The zero-order valence-corrected chi connectivity index (χ0v) is 17.0. The molecule has 0 aliphatic heterocycles. The van der Waals surface area contributed by atoms with Crippen molar-refractivity contribution in [3.8, 4) is 17.3 Å². The lowest BCUT2D eigenvalue weighted by Gasteiger charge is -2.18. The van der Waals surface area contributed by atoms with Crippen molar-refractivity contribution >= 4 is 15.7 Å². The molecule has 1 aromatic heterocycles. The van der Waals surface area contributed by atoms with Crippen molar-refractivity contribution in [2.75, 3.05) is 11.0 Å². The van der Waals surface area contributed by atoms with Gasteiger partial charge in [-0.2, -0.15) is 18.4 Å². The van der Waals surface area contributed by atoms with Gasteiger partial charge < -0.3 is 4.57 Å². The maximum atomic E-state index is 13.6. The van der Waals surface area contributed by atoms with Crippen LogP contribution in [0, 0.1) is 11.3 Å². The van der Waals surface area contributed by atoms with Crippen LogP contribution >= 0.6 is 0 Å². The number of hydrogen-bond acceptors (Lipinski definition) is 4. The largest absolute Gasteiger partial charge is 0.417 e. The van der Waals surface area contributed by atoms with Crippen molar-refractivity contribution in [3.05, 3.63) is 87.7 Å². The summed E-state index contributed by atoms with van der Waals surface area (Å²) in [7, 11) is -3.63. The summed E-state index contributed by atoms with van der Waals surface area (Å²) in [4.78, 5) is 12.9. The summed E-state index contributed by atoms with van der Waals surface area (Å²) >= 11 is 0. The Bertz CT molecular complexity index is 1330. The minimum Gasteiger partial charge on any atom is -0.303 e. The Morgan fingerprint density at radius 2 is 1.74 bits per heavy atom. The number of nitrogens with one attached hydrogen (secondary N) is 1. The van der Waals surface area contributed by atoms with E-state index in [0.717, 1.165) is 16.9 Å². The Morgan fingerprint density at radius 1 is 1.06 bits per heavy atom. The molecule has 0 spiro atoms. The highest BCUT2D eigenvalue weighted by Crippen LogP contribution is 2.34. The van der Waals surface area contributed by atoms with Gasteiger partial charge in [-0.3, -0.25) is 9.52 Å². The van der Waals surface area contributed by atoms with Gasteiger partial charge in [0.05, 0.1) is 24.1 Å². The van der Waals surface area contributed by atoms with E-state index < -0.39 is 32.9 Å². The first-order chi connectivity index (χ1) is 14.5. The van der Waals surface area contributed by atoms with Crippen molar-refractivity contribution in [2.24, 2.45) is 0 Å². The van der Waals surface area contributed by atoms with Crippen LogP contribution in [-0.2, 0) is 22.7 Å². The Labute approximate surface area is 176 Å². The topological polar surface area (TPSA) is 92.0 Å². The van der Waals surface area contributed by atoms with Gasteiger partial charge in [0.15, 0.2) is 0 Å². The lowest BCUT2D eigenvalue weighted by Crippen LogP contribution is -2.28. The molecule has 0 amide bonds. The van der Waals surface area contributed by atoms with Crippen LogP contribution < -0.4 is 10.3 Å². The number of nitrogens with zero attached hydrogens (tertiary/aromatic N) is 2. The molecule has 0 bridgehead atoms. The molecule has 0 saturated heterocycles. The van der Waals surface area contributed by atoms with Crippen LogP contribution in [0.1, 0.15) is 16.7 Å². The summed E-state index contributed by atoms with van der Waals surface area (Å²) < 4.78 is 67.1. The van der Waals surface area contributed by atoms with Gasteiger partial charge >= 0.3 is 6.18 Å². The molecular weight excluding hydrogens is 431 g/mol. The van der Waals surface area contributed by atoms with E-state index in [2.05, 4.69) is 4.72 Å². The number of nitriles is 1. The fourth-order valence-electron chi connectivity index (χ4n) is 3.10. The van der Waals surface area contributed by atoms with Crippen LogP contribution in [0.3, 0.4) is 0 Å². The highest BCUT2D eigenvalue weighted by molar-refractivity contribution is 7.92. The first-order valence-electron chi connectivity index (χ1n) is 8.87. The number of alkyl halides is 3. The zero-order valence-electron chi connectivity index (χ0n) is 16.1. The molecule has 0 fully saturated rings. The molecule has 3 rings (SSSR count). The summed E-state index contributed by atoms with van der Waals surface area (Å²) in [5.74, 6) is 0. The molecule has 6 nitrogen and oxygen atoms in total. The van der Waals surface area contributed by atoms with Gasteiger partial charge in [0.1, 0.15) is 11.6 Å². The van der Waals surface area contributed by atoms with E-state index in [-0.39, 0.29) is 23.5 Å². The van der Waals surface area contributed by atoms with Crippen LogP contribution in [0.4, 0.5) is 18.9 Å². The molecular formula is C21H16F3N3O3S. The van der Waals surface area contributed by atoms with Crippen LogP contribution in [-0.4, -0.2) is 19.2 Å². The molecule has 2 aromatic carbocycles. The number of benzene rings is 2. The molecule has 160 valence electrons. The van der Waals surface area contributed by atoms with Crippen molar-refractivity contribution in [3.63, 3.8) is 0 Å². The predicted molar refractivity (Wildman–Crippen MR) is 110 cm³/mol. The second-order valence-electron chi connectivity index (χ2n) is 6.76. The first-order valence-corrected chi connectivity index (χ1v) is 10.8. The number of hydrogen-bond donors (Lipinski definition) is 1. The van der Waals surface area contributed by atoms with E-state index in [9.17, 15) is 31.6 Å². The number of pyridine rings is 1. The molecule has 10 heteroatoms. The summed E-state index contributed by atoms with van der Waals surface area (Å²) in [6, 6.07) is 16.3. The third-order valence-electron chi connectivity index (χ3n) is 4.36. The van der Waals surface area contributed by atoms with Gasteiger partial charge in [-0.25, -0.2) is 8.42 Å². The maximum Gasteiger partial charge on any atom is 0.417 e. The van der Waals surface area contributed by atoms with Gasteiger partial charge in [0.25, 0.3) is 5.56 Å². The average Bonchev–Trinajstić information content (AvgIpc) is 2.68. The summed E-state index contributed by atoms with van der Waals surface area (Å²) in [6.07, 6.45) is -3.98. The van der Waals surface area contributed by atoms with Crippen LogP contribution in [0.2, 0.25) is 0 Å². The SMILES string of the molecule is CS(=O)(=O)Nc1cccc(-c2cc(C(F)(F)F)c(C#N)c(=O)n2Cc2ccccc2)c1. The molecule has 3 aromatic rings. The highest BCUT2D eigenvalue weighted by Gasteiger charge is 2.36. The van der Waals surface area contributed by atoms with Crippen LogP contribution in [0.5, 0.6) is 0 Å². The second-order valence-corrected chi connectivity index (χ2v) is 8.51. The fraction of sp³-hybridized carbons (Fsp3) is 0.143. The van der Waals surface area contributed by atoms with E-state index in [1.807, 2.05) is 0 Å². The smallest absolute Gasteiger partial charge is 0.303 e. The Hall–Kier alpha value is -3.58. The van der Waals surface area contributed by atoms with Crippen LogP contribution in [0.15, 0.2) is 65.5 Å². The Balaban J connectivity index is 2.29. The molecule has 1 N–H and O–H groups in total. The number of anilines is 1. The van der Waals surface area contributed by atoms with E-state index in [0.29, 0.717) is 5.56 Å². The van der Waals surface area contributed by atoms with Crippen LogP contribution in [0.25, 0.3) is 11.3 Å². The maximum absolute atomic E-state index is 13.6. The number of halogens is 3. The first kappa shape index (κ1) is 22.1. The fourth-order valence-corrected chi connectivity index (χ4v) is 3.65. The lowest BCUT2D eigenvalue weighted by atomic mass is 10.0. The van der Waals surface area contributed by atoms with Gasteiger partial charge in [-0.15, -0.1) is 0 Å². The summed E-state index contributed by atoms with van der Waals surface area (Å²) in [5, 5.41) is 9.25. The van der Waals surface area contributed by atoms with E-state index in [1.54, 1.807) is 30.3 Å². The van der Waals surface area contributed by atoms with E-state index in [1.165, 1.54) is 30.3 Å². The molecule has 1 heterocycles. The average molecular weight is 447 g/mol. The Kier molecular flexibility index (Phi) is 5.90. The molecule has 0 saturated carbocycles. The number of rotatable bonds is 5. The summed E-state index contributed by atoms with van der Waals surface area (Å²) in [5.41, 5.74) is -2.60. The number of aromatic nitrogens is 1. The lowest BCUT2D eigenvalue weighted by molar-refractivity contribution is -0.137. The van der Waals surface area contributed by atoms with Gasteiger partial charge in [-0.1, -0.05) is 42.5 Å². The van der Waals surface area contributed by atoms with Gasteiger partial charge in [0.2, 0.25) is 10.0 Å². The third kappa shape index (κ3) is 5.13. The van der Waals surface area contributed by atoms with E-state index >= 15 is 0 Å².